The quantitative estimate of drug-likeness (QED) is 0.496. The van der Waals surface area contributed by atoms with E-state index >= 15 is 0 Å². The first-order chi connectivity index (χ1) is 16.3. The second-order valence-electron chi connectivity index (χ2n) is 8.24. The number of hydrogen-bond acceptors (Lipinski definition) is 10. The predicted molar refractivity (Wildman–Crippen MR) is 129 cm³/mol. The molecule has 2 aromatic heterocycles. The number of rotatable bonds is 8. The summed E-state index contributed by atoms with van der Waals surface area (Å²) in [4.78, 5) is 28.9. The van der Waals surface area contributed by atoms with Crippen molar-refractivity contribution in [3.05, 3.63) is 24.2 Å². The van der Waals surface area contributed by atoms with E-state index in [4.69, 9.17) is 4.42 Å². The van der Waals surface area contributed by atoms with E-state index in [0.717, 1.165) is 9.47 Å². The molecule has 0 unspecified atom stereocenters. The number of nitrogens with zero attached hydrogens (tertiary/aromatic N) is 5. The highest BCUT2D eigenvalue weighted by atomic mass is 32.2. The average Bonchev–Trinajstić information content (AvgIpc) is 3.53. The van der Waals surface area contributed by atoms with Crippen molar-refractivity contribution >= 4 is 50.1 Å². The fourth-order valence-corrected chi connectivity index (χ4v) is 6.57. The fourth-order valence-electron chi connectivity index (χ4n) is 3.98. The van der Waals surface area contributed by atoms with Crippen molar-refractivity contribution in [3.8, 4) is 0 Å². The molecule has 0 atom stereocenters. The Kier molecular flexibility index (Phi) is 8.11. The molecule has 2 aliphatic heterocycles. The van der Waals surface area contributed by atoms with Gasteiger partial charge in [-0.15, -0.1) is 10.2 Å². The van der Waals surface area contributed by atoms with Gasteiger partial charge in [0.05, 0.1) is 24.8 Å². The molecule has 0 aliphatic carbocycles. The third-order valence-corrected chi connectivity index (χ3v) is 9.32. The molecule has 0 bridgehead atoms. The van der Waals surface area contributed by atoms with Gasteiger partial charge in [0.2, 0.25) is 27.0 Å². The minimum atomic E-state index is -3.19. The molecule has 2 aromatic rings. The molecule has 0 spiro atoms. The number of sulfonamides is 1. The highest BCUT2D eigenvalue weighted by Gasteiger charge is 2.33. The Hall–Kier alpha value is -2.16. The molecular weight excluding hydrogens is 500 g/mol. The number of carbonyl (C=O) groups excluding carboxylic acids is 2. The SMILES string of the molecule is CS(=O)(=O)N1CCC(C(=O)N2CCN(c3nnc(SCC(=O)NCc4ccco4)s3)CC2)CC1. The molecule has 14 heteroatoms. The Morgan fingerprint density at radius 3 is 2.56 bits per heavy atom. The summed E-state index contributed by atoms with van der Waals surface area (Å²) in [6, 6.07) is 3.58. The molecule has 2 fully saturated rings. The number of carbonyl (C=O) groups is 2. The maximum absolute atomic E-state index is 12.9. The van der Waals surface area contributed by atoms with Crippen LogP contribution in [0.25, 0.3) is 0 Å². The molecule has 4 rings (SSSR count). The van der Waals surface area contributed by atoms with Gasteiger partial charge in [0.25, 0.3) is 0 Å². The number of nitrogens with one attached hydrogen (secondary N) is 1. The van der Waals surface area contributed by atoms with E-state index in [1.807, 2.05) is 4.90 Å². The van der Waals surface area contributed by atoms with Gasteiger partial charge in [0.1, 0.15) is 5.76 Å². The number of piperidine rings is 1. The number of anilines is 1. The largest absolute Gasteiger partial charge is 0.467 e. The van der Waals surface area contributed by atoms with Gasteiger partial charge in [0.15, 0.2) is 4.34 Å². The number of piperazine rings is 1. The van der Waals surface area contributed by atoms with E-state index in [1.165, 1.54) is 33.7 Å². The van der Waals surface area contributed by atoms with Crippen LogP contribution in [-0.2, 0) is 26.2 Å². The maximum Gasteiger partial charge on any atom is 0.230 e. The minimum Gasteiger partial charge on any atom is -0.467 e. The summed E-state index contributed by atoms with van der Waals surface area (Å²) in [5, 5.41) is 12.0. The van der Waals surface area contributed by atoms with Crippen LogP contribution in [0.1, 0.15) is 18.6 Å². The van der Waals surface area contributed by atoms with Gasteiger partial charge in [-0.1, -0.05) is 23.1 Å². The first kappa shape index (κ1) is 24.9. The van der Waals surface area contributed by atoms with Gasteiger partial charge in [0, 0.05) is 45.2 Å². The van der Waals surface area contributed by atoms with E-state index in [2.05, 4.69) is 20.4 Å². The van der Waals surface area contributed by atoms with Gasteiger partial charge in [-0.05, 0) is 25.0 Å². The first-order valence-corrected chi connectivity index (χ1v) is 14.7. The highest BCUT2D eigenvalue weighted by molar-refractivity contribution is 8.01. The number of amides is 2. The van der Waals surface area contributed by atoms with Gasteiger partial charge < -0.3 is 19.5 Å². The van der Waals surface area contributed by atoms with Gasteiger partial charge in [-0.2, -0.15) is 0 Å². The summed E-state index contributed by atoms with van der Waals surface area (Å²) in [5.41, 5.74) is 0. The maximum atomic E-state index is 12.9. The lowest BCUT2D eigenvalue weighted by Crippen LogP contribution is -2.52. The molecular formula is C20H28N6O5S3. The summed E-state index contributed by atoms with van der Waals surface area (Å²) in [5.74, 6) is 0.839. The second-order valence-corrected chi connectivity index (χ2v) is 12.4. The molecule has 2 saturated heterocycles. The molecule has 4 heterocycles. The third kappa shape index (κ3) is 6.49. The Balaban J connectivity index is 1.19. The number of aromatic nitrogens is 2. The van der Waals surface area contributed by atoms with Crippen molar-refractivity contribution < 1.29 is 22.4 Å². The lowest BCUT2D eigenvalue weighted by atomic mass is 9.96. The van der Waals surface area contributed by atoms with Crippen molar-refractivity contribution in [2.24, 2.45) is 5.92 Å². The minimum absolute atomic E-state index is 0.104. The molecule has 0 saturated carbocycles. The van der Waals surface area contributed by atoms with Crippen molar-refractivity contribution in [1.82, 2.24) is 24.7 Å². The monoisotopic (exact) mass is 528 g/mol. The molecule has 1 N–H and O–H groups in total. The predicted octanol–water partition coefficient (Wildman–Crippen LogP) is 0.860. The van der Waals surface area contributed by atoms with Crippen molar-refractivity contribution in [3.63, 3.8) is 0 Å². The van der Waals surface area contributed by atoms with Crippen LogP contribution < -0.4 is 10.2 Å². The van der Waals surface area contributed by atoms with Crippen LogP contribution in [-0.4, -0.2) is 90.9 Å². The normalized spacial score (nSPS) is 18.3. The Labute approximate surface area is 206 Å². The second kappa shape index (κ2) is 11.1. The Bertz CT molecular complexity index is 1070. The molecule has 11 nitrogen and oxygen atoms in total. The van der Waals surface area contributed by atoms with Gasteiger partial charge in [-0.25, -0.2) is 12.7 Å². The van der Waals surface area contributed by atoms with E-state index in [-0.39, 0.29) is 23.5 Å². The summed E-state index contributed by atoms with van der Waals surface area (Å²) < 4.78 is 30.7. The fraction of sp³-hybridized carbons (Fsp3) is 0.600. The number of furan rings is 1. The van der Waals surface area contributed by atoms with Crippen LogP contribution in [0.15, 0.2) is 27.2 Å². The summed E-state index contributed by atoms with van der Waals surface area (Å²) >= 11 is 2.78. The van der Waals surface area contributed by atoms with E-state index in [9.17, 15) is 18.0 Å². The zero-order chi connectivity index (χ0) is 24.1. The molecule has 0 radical (unpaired) electrons. The lowest BCUT2D eigenvalue weighted by Gasteiger charge is -2.38. The third-order valence-electron chi connectivity index (χ3n) is 5.90. The Morgan fingerprint density at radius 2 is 1.91 bits per heavy atom. The van der Waals surface area contributed by atoms with Gasteiger partial charge >= 0.3 is 0 Å². The van der Waals surface area contributed by atoms with E-state index < -0.39 is 10.0 Å². The van der Waals surface area contributed by atoms with E-state index in [0.29, 0.717) is 64.4 Å². The summed E-state index contributed by atoms with van der Waals surface area (Å²) in [6.45, 7) is 3.69. The summed E-state index contributed by atoms with van der Waals surface area (Å²) in [7, 11) is -3.19. The smallest absolute Gasteiger partial charge is 0.230 e. The first-order valence-electron chi connectivity index (χ1n) is 11.0. The molecule has 2 aliphatic rings. The molecule has 2 amide bonds. The number of thioether (sulfide) groups is 1. The van der Waals surface area contributed by atoms with Crippen molar-refractivity contribution in [2.75, 3.05) is 56.2 Å². The standard InChI is InChI=1S/C20H28N6O5S3/c1-34(29,30)26-6-4-15(5-7-26)18(28)24-8-10-25(11-9-24)19-22-23-20(33-19)32-14-17(27)21-13-16-3-2-12-31-16/h2-3,12,15H,4-11,13-14H2,1H3,(H,21,27). The average molecular weight is 529 g/mol. The van der Waals surface area contributed by atoms with Crippen LogP contribution in [0.5, 0.6) is 0 Å². The lowest BCUT2D eigenvalue weighted by molar-refractivity contribution is -0.137. The van der Waals surface area contributed by atoms with Crippen LogP contribution >= 0.6 is 23.1 Å². The van der Waals surface area contributed by atoms with Gasteiger partial charge in [-0.3, -0.25) is 9.59 Å². The van der Waals surface area contributed by atoms with Crippen LogP contribution in [0.3, 0.4) is 0 Å². The van der Waals surface area contributed by atoms with E-state index in [1.54, 1.807) is 18.4 Å². The zero-order valence-corrected chi connectivity index (χ0v) is 21.3. The summed E-state index contributed by atoms with van der Waals surface area (Å²) in [6.07, 6.45) is 3.92. The topological polar surface area (TPSA) is 129 Å². The van der Waals surface area contributed by atoms with Crippen molar-refractivity contribution in [1.29, 1.82) is 0 Å². The molecule has 186 valence electrons. The van der Waals surface area contributed by atoms with Crippen LogP contribution in [0.2, 0.25) is 0 Å². The number of hydrogen-bond donors (Lipinski definition) is 1. The zero-order valence-electron chi connectivity index (χ0n) is 18.9. The Morgan fingerprint density at radius 1 is 1.18 bits per heavy atom. The van der Waals surface area contributed by atoms with Crippen LogP contribution in [0, 0.1) is 5.92 Å². The highest BCUT2D eigenvalue weighted by Crippen LogP contribution is 2.29. The van der Waals surface area contributed by atoms with Crippen molar-refractivity contribution in [2.45, 2.75) is 23.7 Å². The molecule has 34 heavy (non-hydrogen) atoms. The molecule has 0 aromatic carbocycles. The van der Waals surface area contributed by atoms with Crippen LogP contribution in [0.4, 0.5) is 5.13 Å².